The maximum Gasteiger partial charge on any atom is 0.310 e. The van der Waals surface area contributed by atoms with Gasteiger partial charge < -0.3 is 15.4 Å². The molecular weight excluding hydrogens is 320 g/mol. The van der Waals surface area contributed by atoms with Crippen molar-refractivity contribution in [1.29, 1.82) is 0 Å². The third-order valence-electron chi connectivity index (χ3n) is 3.34. The Morgan fingerprint density at radius 1 is 1.48 bits per heavy atom. The average molecular weight is 339 g/mol. The summed E-state index contributed by atoms with van der Waals surface area (Å²) in [5.74, 6) is 0.699. The smallest absolute Gasteiger partial charge is 0.310 e. The molecule has 0 aromatic carbocycles. The van der Waals surface area contributed by atoms with E-state index in [1.165, 1.54) is 0 Å². The van der Waals surface area contributed by atoms with Crippen LogP contribution in [0.1, 0.15) is 18.2 Å². The van der Waals surface area contributed by atoms with Crippen molar-refractivity contribution in [2.24, 2.45) is 7.05 Å². The minimum atomic E-state index is -0.408. The summed E-state index contributed by atoms with van der Waals surface area (Å²) in [7, 11) is 3.61. The number of anilines is 3. The Kier molecular flexibility index (Phi) is 5.05. The summed E-state index contributed by atoms with van der Waals surface area (Å²) in [6.45, 7) is 3.96. The SMILES string of the molecule is CCOC(=O)Cc1c(Cl)nc(N)nc1N(C)c1cc(C)n(C)n1. The Morgan fingerprint density at radius 3 is 2.74 bits per heavy atom. The van der Waals surface area contributed by atoms with E-state index in [9.17, 15) is 4.79 Å². The summed E-state index contributed by atoms with van der Waals surface area (Å²) >= 11 is 6.16. The highest BCUT2D eigenvalue weighted by Gasteiger charge is 2.21. The molecule has 23 heavy (non-hydrogen) atoms. The lowest BCUT2D eigenvalue weighted by Gasteiger charge is -2.19. The molecule has 0 saturated heterocycles. The van der Waals surface area contributed by atoms with Crippen molar-refractivity contribution in [2.75, 3.05) is 24.3 Å². The first-order valence-corrected chi connectivity index (χ1v) is 7.43. The minimum Gasteiger partial charge on any atom is -0.466 e. The first kappa shape index (κ1) is 17.0. The number of ether oxygens (including phenoxy) is 1. The summed E-state index contributed by atoms with van der Waals surface area (Å²) in [4.78, 5) is 21.7. The number of carbonyl (C=O) groups is 1. The van der Waals surface area contributed by atoms with Crippen LogP contribution in [0, 0.1) is 6.92 Å². The Hall–Kier alpha value is -2.35. The van der Waals surface area contributed by atoms with Crippen LogP contribution in [0.5, 0.6) is 0 Å². The van der Waals surface area contributed by atoms with Gasteiger partial charge in [-0.2, -0.15) is 10.1 Å². The molecule has 0 unspecified atom stereocenters. The molecule has 2 aromatic rings. The normalized spacial score (nSPS) is 10.7. The minimum absolute atomic E-state index is 0.0251. The highest BCUT2D eigenvalue weighted by Crippen LogP contribution is 2.30. The van der Waals surface area contributed by atoms with E-state index in [4.69, 9.17) is 22.1 Å². The van der Waals surface area contributed by atoms with Crippen LogP contribution in [0.2, 0.25) is 5.15 Å². The fraction of sp³-hybridized carbons (Fsp3) is 0.429. The Balaban J connectivity index is 2.45. The number of nitrogens with zero attached hydrogens (tertiary/aromatic N) is 5. The molecule has 0 radical (unpaired) electrons. The number of hydrogen-bond acceptors (Lipinski definition) is 7. The van der Waals surface area contributed by atoms with Crippen LogP contribution >= 0.6 is 11.6 Å². The van der Waals surface area contributed by atoms with E-state index in [1.54, 1.807) is 23.6 Å². The molecule has 0 aliphatic heterocycles. The number of hydrogen-bond donors (Lipinski definition) is 1. The molecule has 0 spiro atoms. The fourth-order valence-corrected chi connectivity index (χ4v) is 2.30. The number of carbonyl (C=O) groups excluding carboxylic acids is 1. The van der Waals surface area contributed by atoms with Gasteiger partial charge in [-0.25, -0.2) is 4.98 Å². The van der Waals surface area contributed by atoms with E-state index in [0.717, 1.165) is 5.69 Å². The molecule has 9 heteroatoms. The van der Waals surface area contributed by atoms with Crippen LogP contribution in [0.15, 0.2) is 6.07 Å². The third kappa shape index (κ3) is 3.70. The van der Waals surface area contributed by atoms with Crippen LogP contribution < -0.4 is 10.6 Å². The molecule has 0 aliphatic carbocycles. The van der Waals surface area contributed by atoms with Gasteiger partial charge in [0.25, 0.3) is 0 Å². The number of halogens is 1. The van der Waals surface area contributed by atoms with Crippen molar-refractivity contribution < 1.29 is 9.53 Å². The van der Waals surface area contributed by atoms with E-state index >= 15 is 0 Å². The molecule has 0 aliphatic rings. The second kappa shape index (κ2) is 6.82. The second-order valence-corrected chi connectivity index (χ2v) is 5.34. The molecule has 2 rings (SSSR count). The van der Waals surface area contributed by atoms with Crippen molar-refractivity contribution in [3.8, 4) is 0 Å². The van der Waals surface area contributed by atoms with E-state index < -0.39 is 5.97 Å². The molecule has 0 bridgehead atoms. The van der Waals surface area contributed by atoms with Crippen LogP contribution in [0.3, 0.4) is 0 Å². The van der Waals surface area contributed by atoms with Crippen molar-refractivity contribution in [3.05, 3.63) is 22.5 Å². The van der Waals surface area contributed by atoms with Gasteiger partial charge in [-0.05, 0) is 13.8 Å². The zero-order chi connectivity index (χ0) is 17.1. The second-order valence-electron chi connectivity index (χ2n) is 4.98. The van der Waals surface area contributed by atoms with Crippen molar-refractivity contribution in [3.63, 3.8) is 0 Å². The van der Waals surface area contributed by atoms with Gasteiger partial charge in [0.2, 0.25) is 5.95 Å². The number of nitrogen functional groups attached to an aromatic ring is 1. The molecule has 124 valence electrons. The lowest BCUT2D eigenvalue weighted by Crippen LogP contribution is -2.19. The molecule has 0 amide bonds. The Labute approximate surface area is 139 Å². The molecule has 2 N–H and O–H groups in total. The van der Waals surface area contributed by atoms with Gasteiger partial charge in [-0.15, -0.1) is 0 Å². The van der Waals surface area contributed by atoms with E-state index in [2.05, 4.69) is 15.1 Å². The number of rotatable bonds is 5. The summed E-state index contributed by atoms with van der Waals surface area (Å²) < 4.78 is 6.71. The van der Waals surface area contributed by atoms with Gasteiger partial charge in [-0.1, -0.05) is 11.6 Å². The first-order valence-electron chi connectivity index (χ1n) is 7.05. The van der Waals surface area contributed by atoms with Gasteiger partial charge in [0.15, 0.2) is 5.82 Å². The molecular formula is C14H19ClN6O2. The number of nitrogens with two attached hydrogens (primary N) is 1. The summed E-state index contributed by atoms with van der Waals surface area (Å²) in [5, 5.41) is 4.51. The van der Waals surface area contributed by atoms with E-state index in [0.29, 0.717) is 17.2 Å². The van der Waals surface area contributed by atoms with Gasteiger partial charge in [0.05, 0.1) is 13.0 Å². The average Bonchev–Trinajstić information content (AvgIpc) is 2.81. The van der Waals surface area contributed by atoms with Crippen LogP contribution in [-0.2, 0) is 23.0 Å². The van der Waals surface area contributed by atoms with E-state index in [1.807, 2.05) is 20.0 Å². The summed E-state index contributed by atoms with van der Waals surface area (Å²) in [6, 6.07) is 1.89. The zero-order valence-electron chi connectivity index (χ0n) is 13.5. The quantitative estimate of drug-likeness (QED) is 0.653. The molecule has 0 atom stereocenters. The lowest BCUT2D eigenvalue weighted by atomic mass is 10.2. The molecule has 2 aromatic heterocycles. The van der Waals surface area contributed by atoms with Gasteiger partial charge in [0.1, 0.15) is 11.0 Å². The number of esters is 1. The van der Waals surface area contributed by atoms with Crippen LogP contribution in [0.4, 0.5) is 17.6 Å². The molecule has 0 fully saturated rings. The predicted molar refractivity (Wildman–Crippen MR) is 87.8 cm³/mol. The first-order chi connectivity index (χ1) is 10.8. The zero-order valence-corrected chi connectivity index (χ0v) is 14.3. The summed E-state index contributed by atoms with van der Waals surface area (Å²) in [5.41, 5.74) is 7.12. The molecule has 0 saturated carbocycles. The van der Waals surface area contributed by atoms with Gasteiger partial charge in [-0.3, -0.25) is 9.48 Å². The lowest BCUT2D eigenvalue weighted by molar-refractivity contribution is -0.142. The van der Waals surface area contributed by atoms with E-state index in [-0.39, 0.29) is 24.1 Å². The largest absolute Gasteiger partial charge is 0.466 e. The number of aromatic nitrogens is 4. The van der Waals surface area contributed by atoms with Gasteiger partial charge in [0, 0.05) is 31.4 Å². The standard InChI is InChI=1S/C14H19ClN6O2/c1-5-23-11(22)7-9-12(15)17-14(16)18-13(9)20(3)10-6-8(2)21(4)19-10/h6H,5,7H2,1-4H3,(H2,16,17,18). The molecule has 8 nitrogen and oxygen atoms in total. The molecule has 2 heterocycles. The summed E-state index contributed by atoms with van der Waals surface area (Å²) in [6.07, 6.45) is -0.0432. The number of aryl methyl sites for hydroxylation is 2. The maximum absolute atomic E-state index is 11.8. The third-order valence-corrected chi connectivity index (χ3v) is 3.65. The van der Waals surface area contributed by atoms with Gasteiger partial charge >= 0.3 is 5.97 Å². The van der Waals surface area contributed by atoms with Crippen molar-refractivity contribution in [2.45, 2.75) is 20.3 Å². The Bertz CT molecular complexity index is 711. The van der Waals surface area contributed by atoms with Crippen molar-refractivity contribution >= 4 is 35.2 Å². The van der Waals surface area contributed by atoms with Crippen molar-refractivity contribution in [1.82, 2.24) is 19.7 Å². The Morgan fingerprint density at radius 2 is 2.17 bits per heavy atom. The predicted octanol–water partition coefficient (Wildman–Crippen LogP) is 1.63. The van der Waals surface area contributed by atoms with Crippen LogP contribution in [0.25, 0.3) is 0 Å². The monoisotopic (exact) mass is 338 g/mol. The maximum atomic E-state index is 11.8. The van der Waals surface area contributed by atoms with Crippen LogP contribution in [-0.4, -0.2) is 39.4 Å². The fourth-order valence-electron chi connectivity index (χ4n) is 2.06. The topological polar surface area (TPSA) is 99.2 Å². The highest BCUT2D eigenvalue weighted by molar-refractivity contribution is 6.30. The highest BCUT2D eigenvalue weighted by atomic mass is 35.5.